The van der Waals surface area contributed by atoms with E-state index in [4.69, 9.17) is 4.74 Å². The number of piperidine rings is 1. The van der Waals surface area contributed by atoms with Crippen molar-refractivity contribution in [3.8, 4) is 5.88 Å². The van der Waals surface area contributed by atoms with Crippen molar-refractivity contribution in [1.82, 2.24) is 18.9 Å². The molecule has 1 aliphatic heterocycles. The number of aromatic nitrogens is 3. The SMILES string of the molecule is CS(=O)(=O)N1CCC(COc2ccc3nccn3n2)CC1. The van der Waals surface area contributed by atoms with Crippen LogP contribution in [0.25, 0.3) is 5.65 Å². The van der Waals surface area contributed by atoms with Gasteiger partial charge >= 0.3 is 0 Å². The summed E-state index contributed by atoms with van der Waals surface area (Å²) in [4.78, 5) is 4.12. The summed E-state index contributed by atoms with van der Waals surface area (Å²) < 4.78 is 31.8. The second kappa shape index (κ2) is 5.61. The van der Waals surface area contributed by atoms with Gasteiger partial charge in [0.2, 0.25) is 15.9 Å². The number of ether oxygens (including phenoxy) is 1. The predicted octanol–water partition coefficient (Wildman–Crippen LogP) is 0.780. The molecule has 3 rings (SSSR count). The first-order chi connectivity index (χ1) is 10.0. The van der Waals surface area contributed by atoms with E-state index >= 15 is 0 Å². The molecule has 0 radical (unpaired) electrons. The molecule has 3 heterocycles. The van der Waals surface area contributed by atoms with E-state index in [-0.39, 0.29) is 0 Å². The molecule has 0 bridgehead atoms. The second-order valence-corrected chi connectivity index (χ2v) is 7.30. The number of nitrogens with zero attached hydrogens (tertiary/aromatic N) is 4. The van der Waals surface area contributed by atoms with Crippen LogP contribution in [0.2, 0.25) is 0 Å². The zero-order valence-electron chi connectivity index (χ0n) is 11.8. The Morgan fingerprint density at radius 3 is 2.81 bits per heavy atom. The van der Waals surface area contributed by atoms with Gasteiger partial charge in [0.05, 0.1) is 12.9 Å². The summed E-state index contributed by atoms with van der Waals surface area (Å²) >= 11 is 0. The number of sulfonamides is 1. The van der Waals surface area contributed by atoms with E-state index in [0.717, 1.165) is 18.5 Å². The van der Waals surface area contributed by atoms with Crippen LogP contribution in [0, 0.1) is 5.92 Å². The minimum Gasteiger partial charge on any atom is -0.476 e. The third-order valence-electron chi connectivity index (χ3n) is 3.74. The van der Waals surface area contributed by atoms with Crippen LogP contribution in [0.3, 0.4) is 0 Å². The molecule has 0 aliphatic carbocycles. The molecule has 0 amide bonds. The number of fused-ring (bicyclic) bond motifs is 1. The molecule has 0 spiro atoms. The van der Waals surface area contributed by atoms with Crippen molar-refractivity contribution < 1.29 is 13.2 Å². The van der Waals surface area contributed by atoms with Gasteiger partial charge in [0.25, 0.3) is 0 Å². The first kappa shape index (κ1) is 14.3. The molecule has 21 heavy (non-hydrogen) atoms. The van der Waals surface area contributed by atoms with Crippen LogP contribution in [0.1, 0.15) is 12.8 Å². The highest BCUT2D eigenvalue weighted by Gasteiger charge is 2.25. The Labute approximate surface area is 123 Å². The van der Waals surface area contributed by atoms with Gasteiger partial charge in [-0.05, 0) is 24.8 Å². The molecule has 1 fully saturated rings. The van der Waals surface area contributed by atoms with Crippen LogP contribution in [0.5, 0.6) is 5.88 Å². The van der Waals surface area contributed by atoms with Crippen molar-refractivity contribution in [3.63, 3.8) is 0 Å². The molecular formula is C13H18N4O3S. The Kier molecular flexibility index (Phi) is 3.81. The van der Waals surface area contributed by atoms with E-state index in [0.29, 0.717) is 31.5 Å². The molecule has 0 saturated carbocycles. The van der Waals surface area contributed by atoms with Gasteiger partial charge in [0, 0.05) is 31.5 Å². The summed E-state index contributed by atoms with van der Waals surface area (Å²) in [6, 6.07) is 3.66. The second-order valence-electron chi connectivity index (χ2n) is 5.32. The van der Waals surface area contributed by atoms with Gasteiger partial charge in [-0.15, -0.1) is 5.10 Å². The minimum absolute atomic E-state index is 0.364. The topological polar surface area (TPSA) is 76.8 Å². The maximum Gasteiger partial charge on any atom is 0.231 e. The van der Waals surface area contributed by atoms with Crippen LogP contribution < -0.4 is 4.74 Å². The highest BCUT2D eigenvalue weighted by Crippen LogP contribution is 2.20. The normalized spacial score (nSPS) is 18.1. The Balaban J connectivity index is 1.54. The molecule has 2 aromatic heterocycles. The lowest BCUT2D eigenvalue weighted by Crippen LogP contribution is -2.39. The highest BCUT2D eigenvalue weighted by molar-refractivity contribution is 7.88. The van der Waals surface area contributed by atoms with E-state index in [9.17, 15) is 8.42 Å². The summed E-state index contributed by atoms with van der Waals surface area (Å²) in [5.41, 5.74) is 0.781. The minimum atomic E-state index is -3.06. The molecule has 1 aliphatic rings. The largest absolute Gasteiger partial charge is 0.476 e. The van der Waals surface area contributed by atoms with Gasteiger partial charge in [-0.2, -0.15) is 0 Å². The Morgan fingerprint density at radius 2 is 2.10 bits per heavy atom. The molecule has 114 valence electrons. The molecule has 2 aromatic rings. The average molecular weight is 310 g/mol. The molecule has 0 aromatic carbocycles. The third kappa shape index (κ3) is 3.33. The maximum absolute atomic E-state index is 11.4. The lowest BCUT2D eigenvalue weighted by Gasteiger charge is -2.29. The Morgan fingerprint density at radius 1 is 1.33 bits per heavy atom. The molecule has 1 saturated heterocycles. The van der Waals surface area contributed by atoms with Gasteiger partial charge in [-0.1, -0.05) is 0 Å². The predicted molar refractivity (Wildman–Crippen MR) is 77.6 cm³/mol. The summed E-state index contributed by atoms with van der Waals surface area (Å²) in [5, 5.41) is 4.30. The summed E-state index contributed by atoms with van der Waals surface area (Å²) in [6.07, 6.45) is 6.36. The fraction of sp³-hybridized carbons (Fsp3) is 0.538. The van der Waals surface area contributed by atoms with E-state index in [1.165, 1.54) is 10.6 Å². The fourth-order valence-electron chi connectivity index (χ4n) is 2.49. The molecule has 0 unspecified atom stereocenters. The maximum atomic E-state index is 11.4. The average Bonchev–Trinajstić information content (AvgIpc) is 2.92. The molecule has 7 nitrogen and oxygen atoms in total. The van der Waals surface area contributed by atoms with Gasteiger partial charge in [0.1, 0.15) is 0 Å². The van der Waals surface area contributed by atoms with Crippen LogP contribution >= 0.6 is 0 Å². The lowest BCUT2D eigenvalue weighted by atomic mass is 9.99. The zero-order chi connectivity index (χ0) is 14.9. The quantitative estimate of drug-likeness (QED) is 0.834. The first-order valence-corrected chi connectivity index (χ1v) is 8.75. The number of rotatable bonds is 4. The zero-order valence-corrected chi connectivity index (χ0v) is 12.7. The van der Waals surface area contributed by atoms with Gasteiger partial charge in [0.15, 0.2) is 5.65 Å². The Bertz CT molecular complexity index is 720. The molecule has 0 atom stereocenters. The fourth-order valence-corrected chi connectivity index (χ4v) is 3.36. The van der Waals surface area contributed by atoms with Crippen LogP contribution in [-0.2, 0) is 10.0 Å². The van der Waals surface area contributed by atoms with Gasteiger partial charge in [-0.25, -0.2) is 22.2 Å². The summed E-state index contributed by atoms with van der Waals surface area (Å²) in [6.45, 7) is 1.70. The van der Waals surface area contributed by atoms with Crippen molar-refractivity contribution in [3.05, 3.63) is 24.5 Å². The molecular weight excluding hydrogens is 292 g/mol. The van der Waals surface area contributed by atoms with Crippen molar-refractivity contribution >= 4 is 15.7 Å². The monoisotopic (exact) mass is 310 g/mol. The number of hydrogen-bond donors (Lipinski definition) is 0. The summed E-state index contributed by atoms with van der Waals surface area (Å²) in [5.74, 6) is 0.925. The van der Waals surface area contributed by atoms with E-state index < -0.39 is 10.0 Å². The standard InChI is InChI=1S/C13H18N4O3S/c1-21(18,19)16-7-4-11(5-8-16)10-20-13-3-2-12-14-6-9-17(12)15-13/h2-3,6,9,11H,4-5,7-8,10H2,1H3. The third-order valence-corrected chi connectivity index (χ3v) is 5.04. The first-order valence-electron chi connectivity index (χ1n) is 6.91. The summed E-state index contributed by atoms with van der Waals surface area (Å²) in [7, 11) is -3.06. The van der Waals surface area contributed by atoms with E-state index in [2.05, 4.69) is 10.1 Å². The van der Waals surface area contributed by atoms with Crippen molar-refractivity contribution in [2.45, 2.75) is 12.8 Å². The molecule has 0 N–H and O–H groups in total. The van der Waals surface area contributed by atoms with E-state index in [1.807, 2.05) is 6.07 Å². The lowest BCUT2D eigenvalue weighted by molar-refractivity contribution is 0.180. The van der Waals surface area contributed by atoms with Crippen molar-refractivity contribution in [1.29, 1.82) is 0 Å². The van der Waals surface area contributed by atoms with E-state index in [1.54, 1.807) is 23.0 Å². The van der Waals surface area contributed by atoms with Gasteiger partial charge in [-0.3, -0.25) is 0 Å². The van der Waals surface area contributed by atoms with Crippen LogP contribution in [0.4, 0.5) is 0 Å². The highest BCUT2D eigenvalue weighted by atomic mass is 32.2. The van der Waals surface area contributed by atoms with Crippen molar-refractivity contribution in [2.75, 3.05) is 26.0 Å². The van der Waals surface area contributed by atoms with Crippen LogP contribution in [-0.4, -0.2) is 53.3 Å². The number of hydrogen-bond acceptors (Lipinski definition) is 5. The number of imidazole rings is 1. The smallest absolute Gasteiger partial charge is 0.231 e. The van der Waals surface area contributed by atoms with Gasteiger partial charge < -0.3 is 4.74 Å². The van der Waals surface area contributed by atoms with Crippen LogP contribution in [0.15, 0.2) is 24.5 Å². The molecule has 8 heteroatoms. The Hall–Kier alpha value is -1.67. The van der Waals surface area contributed by atoms with Crippen molar-refractivity contribution in [2.24, 2.45) is 5.92 Å².